The SMILES string of the molecule is CS(=O)(=O)[C@@H]1C[C@H]1c1ccc(N)cc1. The number of hydrogen-bond donors (Lipinski definition) is 1. The van der Waals surface area contributed by atoms with Gasteiger partial charge in [-0.15, -0.1) is 0 Å². The van der Waals surface area contributed by atoms with Gasteiger partial charge < -0.3 is 5.73 Å². The quantitative estimate of drug-likeness (QED) is 0.747. The molecule has 2 rings (SSSR count). The Kier molecular flexibility index (Phi) is 2.03. The maximum atomic E-state index is 11.2. The lowest BCUT2D eigenvalue weighted by atomic mass is 10.1. The molecule has 1 saturated carbocycles. The molecule has 0 heterocycles. The molecule has 2 atom stereocenters. The summed E-state index contributed by atoms with van der Waals surface area (Å²) in [6.07, 6.45) is 2.05. The van der Waals surface area contributed by atoms with Gasteiger partial charge in [-0.25, -0.2) is 8.42 Å². The van der Waals surface area contributed by atoms with Gasteiger partial charge in [0.2, 0.25) is 0 Å². The molecule has 2 N–H and O–H groups in total. The van der Waals surface area contributed by atoms with E-state index in [1.54, 1.807) is 0 Å². The van der Waals surface area contributed by atoms with Gasteiger partial charge in [-0.1, -0.05) is 12.1 Å². The summed E-state index contributed by atoms with van der Waals surface area (Å²) in [6, 6.07) is 7.44. The summed E-state index contributed by atoms with van der Waals surface area (Å²) in [7, 11) is -2.87. The first kappa shape index (κ1) is 9.52. The van der Waals surface area contributed by atoms with Crippen LogP contribution in [0.5, 0.6) is 0 Å². The van der Waals surface area contributed by atoms with Gasteiger partial charge in [-0.05, 0) is 24.1 Å². The molecule has 0 spiro atoms. The van der Waals surface area contributed by atoms with Crippen molar-refractivity contribution in [3.63, 3.8) is 0 Å². The predicted molar refractivity (Wildman–Crippen MR) is 56.8 cm³/mol. The molecule has 1 aliphatic rings. The molecule has 0 aromatic heterocycles. The molecular weight excluding hydrogens is 198 g/mol. The van der Waals surface area contributed by atoms with Gasteiger partial charge in [0.1, 0.15) is 0 Å². The Labute approximate surface area is 83.9 Å². The zero-order chi connectivity index (χ0) is 10.3. The Balaban J connectivity index is 2.18. The van der Waals surface area contributed by atoms with E-state index in [9.17, 15) is 8.42 Å². The Bertz CT molecular complexity index is 436. The monoisotopic (exact) mass is 211 g/mol. The summed E-state index contributed by atoms with van der Waals surface area (Å²) >= 11 is 0. The highest BCUT2D eigenvalue weighted by Gasteiger charge is 2.45. The van der Waals surface area contributed by atoms with Crippen LogP contribution in [0.2, 0.25) is 0 Å². The van der Waals surface area contributed by atoms with Crippen LogP contribution in [-0.4, -0.2) is 19.9 Å². The van der Waals surface area contributed by atoms with Crippen LogP contribution in [0.1, 0.15) is 17.9 Å². The number of sulfone groups is 1. The fourth-order valence-corrected chi connectivity index (χ4v) is 3.05. The lowest BCUT2D eigenvalue weighted by molar-refractivity contribution is 0.600. The maximum Gasteiger partial charge on any atom is 0.150 e. The number of nitrogen functional groups attached to an aromatic ring is 1. The molecule has 1 aliphatic carbocycles. The summed E-state index contributed by atoms with van der Waals surface area (Å²) in [4.78, 5) is 0. The Morgan fingerprint density at radius 1 is 1.29 bits per heavy atom. The summed E-state index contributed by atoms with van der Waals surface area (Å²) in [5.41, 5.74) is 7.34. The first-order chi connectivity index (χ1) is 6.48. The smallest absolute Gasteiger partial charge is 0.150 e. The Hall–Kier alpha value is -1.03. The minimum atomic E-state index is -2.87. The number of nitrogens with two attached hydrogens (primary N) is 1. The summed E-state index contributed by atoms with van der Waals surface area (Å²) < 4.78 is 22.4. The number of anilines is 1. The fourth-order valence-electron chi connectivity index (χ4n) is 1.74. The molecule has 0 saturated heterocycles. The van der Waals surface area contributed by atoms with Crippen molar-refractivity contribution in [3.05, 3.63) is 29.8 Å². The lowest BCUT2D eigenvalue weighted by Crippen LogP contribution is -2.05. The zero-order valence-electron chi connectivity index (χ0n) is 7.97. The second-order valence-corrected chi connectivity index (χ2v) is 6.14. The Morgan fingerprint density at radius 3 is 2.29 bits per heavy atom. The molecule has 0 unspecified atom stereocenters. The average Bonchev–Trinajstić information content (AvgIpc) is 2.83. The molecule has 0 radical (unpaired) electrons. The summed E-state index contributed by atoms with van der Waals surface area (Å²) in [5, 5.41) is -0.175. The third-order valence-corrected chi connectivity index (χ3v) is 4.27. The van der Waals surface area contributed by atoms with Crippen molar-refractivity contribution < 1.29 is 8.42 Å². The minimum Gasteiger partial charge on any atom is -0.399 e. The van der Waals surface area contributed by atoms with Crippen molar-refractivity contribution in [3.8, 4) is 0 Å². The molecule has 14 heavy (non-hydrogen) atoms. The molecule has 3 nitrogen and oxygen atoms in total. The first-order valence-corrected chi connectivity index (χ1v) is 6.48. The van der Waals surface area contributed by atoms with Gasteiger partial charge in [0.05, 0.1) is 5.25 Å². The molecular formula is C10H13NO2S. The summed E-state index contributed by atoms with van der Waals surface area (Å²) in [6.45, 7) is 0. The third-order valence-electron chi connectivity index (χ3n) is 2.65. The average molecular weight is 211 g/mol. The van der Waals surface area contributed by atoms with Crippen LogP contribution in [0.4, 0.5) is 5.69 Å². The fraction of sp³-hybridized carbons (Fsp3) is 0.400. The molecule has 0 amide bonds. The third kappa shape index (κ3) is 1.75. The van der Waals surface area contributed by atoms with Crippen LogP contribution in [0.25, 0.3) is 0 Å². The van der Waals surface area contributed by atoms with E-state index in [4.69, 9.17) is 5.73 Å². The number of rotatable bonds is 2. The highest BCUT2D eigenvalue weighted by atomic mass is 32.2. The van der Waals surface area contributed by atoms with E-state index < -0.39 is 9.84 Å². The van der Waals surface area contributed by atoms with Gasteiger partial charge >= 0.3 is 0 Å². The lowest BCUT2D eigenvalue weighted by Gasteiger charge is -1.99. The topological polar surface area (TPSA) is 60.2 Å². The standard InChI is InChI=1S/C10H13NO2S/c1-14(12,13)10-6-9(10)7-2-4-8(11)5-3-7/h2-5,9-10H,6,11H2,1H3/t9-,10+/m0/s1. The highest BCUT2D eigenvalue weighted by molar-refractivity contribution is 7.91. The van der Waals surface area contributed by atoms with Crippen LogP contribution in [0, 0.1) is 0 Å². The molecule has 76 valence electrons. The molecule has 1 fully saturated rings. The summed E-state index contributed by atoms with van der Waals surface area (Å²) in [5.74, 6) is 0.186. The minimum absolute atomic E-state index is 0.175. The van der Waals surface area contributed by atoms with Crippen molar-refractivity contribution in [2.24, 2.45) is 0 Å². The first-order valence-electron chi connectivity index (χ1n) is 4.53. The molecule has 0 aliphatic heterocycles. The normalized spacial score (nSPS) is 26.1. The van der Waals surface area contributed by atoms with Crippen LogP contribution in [-0.2, 0) is 9.84 Å². The molecule has 0 bridgehead atoms. The van der Waals surface area contributed by atoms with E-state index in [1.807, 2.05) is 24.3 Å². The largest absolute Gasteiger partial charge is 0.399 e. The Morgan fingerprint density at radius 2 is 1.86 bits per heavy atom. The van der Waals surface area contributed by atoms with Crippen molar-refractivity contribution >= 4 is 15.5 Å². The second kappa shape index (κ2) is 2.98. The van der Waals surface area contributed by atoms with E-state index in [0.717, 1.165) is 12.0 Å². The van der Waals surface area contributed by atoms with Crippen LogP contribution in [0.3, 0.4) is 0 Å². The van der Waals surface area contributed by atoms with Gasteiger partial charge in [-0.2, -0.15) is 0 Å². The van der Waals surface area contributed by atoms with Crippen molar-refractivity contribution in [2.75, 3.05) is 12.0 Å². The molecule has 1 aromatic carbocycles. The van der Waals surface area contributed by atoms with E-state index >= 15 is 0 Å². The van der Waals surface area contributed by atoms with Crippen LogP contribution >= 0.6 is 0 Å². The van der Waals surface area contributed by atoms with Crippen molar-refractivity contribution in [1.29, 1.82) is 0 Å². The molecule has 1 aromatic rings. The van der Waals surface area contributed by atoms with Crippen LogP contribution in [0.15, 0.2) is 24.3 Å². The number of benzene rings is 1. The van der Waals surface area contributed by atoms with Gasteiger partial charge in [0.25, 0.3) is 0 Å². The number of hydrogen-bond acceptors (Lipinski definition) is 3. The second-order valence-electron chi connectivity index (χ2n) is 3.88. The van der Waals surface area contributed by atoms with Crippen molar-refractivity contribution in [2.45, 2.75) is 17.6 Å². The predicted octanol–water partition coefficient (Wildman–Crippen LogP) is 1.17. The zero-order valence-corrected chi connectivity index (χ0v) is 8.79. The van der Waals surface area contributed by atoms with Gasteiger partial charge in [0, 0.05) is 17.9 Å². The van der Waals surface area contributed by atoms with E-state index in [-0.39, 0.29) is 11.2 Å². The van der Waals surface area contributed by atoms with E-state index in [2.05, 4.69) is 0 Å². The van der Waals surface area contributed by atoms with Crippen LogP contribution < -0.4 is 5.73 Å². The highest BCUT2D eigenvalue weighted by Crippen LogP contribution is 2.45. The van der Waals surface area contributed by atoms with E-state index in [0.29, 0.717) is 5.69 Å². The van der Waals surface area contributed by atoms with Crippen molar-refractivity contribution in [1.82, 2.24) is 0 Å². The maximum absolute atomic E-state index is 11.2. The van der Waals surface area contributed by atoms with Gasteiger partial charge in [-0.3, -0.25) is 0 Å². The van der Waals surface area contributed by atoms with E-state index in [1.165, 1.54) is 6.26 Å². The molecule has 4 heteroatoms. The van der Waals surface area contributed by atoms with Gasteiger partial charge in [0.15, 0.2) is 9.84 Å².